The van der Waals surface area contributed by atoms with Crippen LogP contribution in [0.1, 0.15) is 19.8 Å². The van der Waals surface area contributed by atoms with Crippen molar-refractivity contribution in [1.29, 1.82) is 0 Å². The maximum atomic E-state index is 4.47. The number of piperidine rings is 1. The molecule has 5 nitrogen and oxygen atoms in total. The minimum atomic E-state index is 0.817. The van der Waals surface area contributed by atoms with Crippen molar-refractivity contribution in [3.63, 3.8) is 0 Å². The standard InChI is InChI=1S/C14H20BrN5/c1-11-2-6-19(7-3-11)8-4-16-13-14-17-5-9-20(14)10-12(15)18-13/h5,9-11H,2-4,6-8H2,1H3,(H,16,18). The van der Waals surface area contributed by atoms with Crippen LogP contribution >= 0.6 is 15.9 Å². The third kappa shape index (κ3) is 3.12. The lowest BCUT2D eigenvalue weighted by atomic mass is 9.99. The molecule has 6 heteroatoms. The van der Waals surface area contributed by atoms with Crippen LogP contribution in [0.3, 0.4) is 0 Å². The number of fused-ring (bicyclic) bond motifs is 1. The summed E-state index contributed by atoms with van der Waals surface area (Å²) >= 11 is 3.43. The molecule has 3 rings (SSSR count). The fourth-order valence-corrected chi connectivity index (χ4v) is 3.04. The Morgan fingerprint density at radius 1 is 1.40 bits per heavy atom. The number of hydrogen-bond acceptors (Lipinski definition) is 4. The summed E-state index contributed by atoms with van der Waals surface area (Å²) in [4.78, 5) is 11.3. The molecule has 1 saturated heterocycles. The van der Waals surface area contributed by atoms with Gasteiger partial charge in [-0.25, -0.2) is 9.97 Å². The van der Waals surface area contributed by atoms with Crippen LogP contribution in [-0.4, -0.2) is 45.4 Å². The van der Waals surface area contributed by atoms with Gasteiger partial charge in [-0.05, 0) is 47.8 Å². The van der Waals surface area contributed by atoms with E-state index in [1.165, 1.54) is 25.9 Å². The smallest absolute Gasteiger partial charge is 0.180 e. The van der Waals surface area contributed by atoms with Crippen LogP contribution in [0.15, 0.2) is 23.2 Å². The predicted octanol–water partition coefficient (Wildman–Crippen LogP) is 2.64. The molecule has 1 fully saturated rings. The Hall–Kier alpha value is -1.14. The van der Waals surface area contributed by atoms with Gasteiger partial charge in [-0.3, -0.25) is 0 Å². The molecule has 2 aromatic heterocycles. The number of halogens is 1. The van der Waals surface area contributed by atoms with E-state index in [2.05, 4.69) is 43.0 Å². The number of aromatic nitrogens is 3. The molecule has 0 atom stereocenters. The van der Waals surface area contributed by atoms with E-state index in [1.807, 2.05) is 16.8 Å². The Morgan fingerprint density at radius 2 is 2.20 bits per heavy atom. The summed E-state index contributed by atoms with van der Waals surface area (Å²) in [7, 11) is 0. The molecule has 3 heterocycles. The van der Waals surface area contributed by atoms with Crippen molar-refractivity contribution < 1.29 is 0 Å². The highest BCUT2D eigenvalue weighted by atomic mass is 79.9. The Morgan fingerprint density at radius 3 is 3.00 bits per heavy atom. The van der Waals surface area contributed by atoms with E-state index in [4.69, 9.17) is 0 Å². The normalized spacial score (nSPS) is 17.7. The molecule has 1 aliphatic heterocycles. The number of imidazole rings is 1. The van der Waals surface area contributed by atoms with Crippen molar-refractivity contribution in [1.82, 2.24) is 19.3 Å². The summed E-state index contributed by atoms with van der Waals surface area (Å²) in [6.45, 7) is 6.74. The van der Waals surface area contributed by atoms with Crippen LogP contribution in [0.2, 0.25) is 0 Å². The summed E-state index contributed by atoms with van der Waals surface area (Å²) in [6.07, 6.45) is 8.28. The summed E-state index contributed by atoms with van der Waals surface area (Å²) < 4.78 is 2.79. The molecule has 0 radical (unpaired) electrons. The molecule has 0 spiro atoms. The van der Waals surface area contributed by atoms with E-state index in [0.717, 1.165) is 35.1 Å². The number of likely N-dealkylation sites (tertiary alicyclic amines) is 1. The fraction of sp³-hybridized carbons (Fsp3) is 0.571. The quantitative estimate of drug-likeness (QED) is 0.931. The van der Waals surface area contributed by atoms with Crippen LogP contribution in [0.5, 0.6) is 0 Å². The Bertz CT molecular complexity index is 574. The predicted molar refractivity (Wildman–Crippen MR) is 84.0 cm³/mol. The summed E-state index contributed by atoms with van der Waals surface area (Å²) in [5.74, 6) is 1.73. The third-order valence-electron chi connectivity index (χ3n) is 3.94. The number of hydrogen-bond donors (Lipinski definition) is 1. The molecule has 0 aliphatic carbocycles. The summed E-state index contributed by atoms with van der Waals surface area (Å²) in [5.41, 5.74) is 0.875. The molecule has 2 aromatic rings. The second-order valence-corrected chi connectivity index (χ2v) is 6.33. The number of rotatable bonds is 4. The first-order valence-corrected chi connectivity index (χ1v) is 7.97. The molecular formula is C14H20BrN5. The first-order valence-electron chi connectivity index (χ1n) is 7.18. The molecule has 1 aliphatic rings. The fourth-order valence-electron chi connectivity index (χ4n) is 2.64. The molecule has 0 saturated carbocycles. The SMILES string of the molecule is CC1CCN(CCNc2nc(Br)cn3ccnc23)CC1. The molecule has 0 unspecified atom stereocenters. The lowest BCUT2D eigenvalue weighted by Gasteiger charge is -2.30. The lowest BCUT2D eigenvalue weighted by Crippen LogP contribution is -2.36. The van der Waals surface area contributed by atoms with Crippen molar-refractivity contribution in [2.24, 2.45) is 5.92 Å². The second kappa shape index (κ2) is 6.10. The monoisotopic (exact) mass is 337 g/mol. The van der Waals surface area contributed by atoms with Gasteiger partial charge in [-0.2, -0.15) is 0 Å². The first kappa shape index (κ1) is 13.8. The Kier molecular flexibility index (Phi) is 4.21. The van der Waals surface area contributed by atoms with Gasteiger partial charge in [0.1, 0.15) is 4.60 Å². The van der Waals surface area contributed by atoms with Gasteiger partial charge < -0.3 is 14.6 Å². The minimum absolute atomic E-state index is 0.817. The molecule has 20 heavy (non-hydrogen) atoms. The molecular weight excluding hydrogens is 318 g/mol. The number of anilines is 1. The zero-order valence-electron chi connectivity index (χ0n) is 11.7. The van der Waals surface area contributed by atoms with Crippen molar-refractivity contribution in [3.05, 3.63) is 23.2 Å². The van der Waals surface area contributed by atoms with Gasteiger partial charge in [-0.15, -0.1) is 0 Å². The van der Waals surface area contributed by atoms with Gasteiger partial charge in [0.05, 0.1) is 0 Å². The first-order chi connectivity index (χ1) is 9.72. The highest BCUT2D eigenvalue weighted by Crippen LogP contribution is 2.17. The van der Waals surface area contributed by atoms with Crippen LogP contribution in [0.25, 0.3) is 5.65 Å². The molecule has 1 N–H and O–H groups in total. The van der Waals surface area contributed by atoms with Crippen LogP contribution in [0.4, 0.5) is 5.82 Å². The third-order valence-corrected chi connectivity index (χ3v) is 4.32. The van der Waals surface area contributed by atoms with E-state index >= 15 is 0 Å². The van der Waals surface area contributed by atoms with Crippen LogP contribution < -0.4 is 5.32 Å². The maximum absolute atomic E-state index is 4.47. The van der Waals surface area contributed by atoms with Crippen molar-refractivity contribution in [2.75, 3.05) is 31.5 Å². The van der Waals surface area contributed by atoms with Crippen molar-refractivity contribution >= 4 is 27.4 Å². The van der Waals surface area contributed by atoms with Crippen LogP contribution in [-0.2, 0) is 0 Å². The number of nitrogens with zero attached hydrogens (tertiary/aromatic N) is 4. The highest BCUT2D eigenvalue weighted by molar-refractivity contribution is 9.10. The average Bonchev–Trinajstić information content (AvgIpc) is 2.89. The summed E-state index contributed by atoms with van der Waals surface area (Å²) in [5, 5.41) is 3.41. The number of nitrogens with one attached hydrogen (secondary N) is 1. The van der Waals surface area contributed by atoms with E-state index in [9.17, 15) is 0 Å². The molecule has 0 aromatic carbocycles. The van der Waals surface area contributed by atoms with Crippen molar-refractivity contribution in [3.8, 4) is 0 Å². The lowest BCUT2D eigenvalue weighted by molar-refractivity contribution is 0.199. The summed E-state index contributed by atoms with van der Waals surface area (Å²) in [6, 6.07) is 0. The highest BCUT2D eigenvalue weighted by Gasteiger charge is 2.15. The zero-order valence-corrected chi connectivity index (χ0v) is 13.3. The van der Waals surface area contributed by atoms with Gasteiger partial charge in [0.2, 0.25) is 0 Å². The van der Waals surface area contributed by atoms with E-state index in [0.29, 0.717) is 0 Å². The topological polar surface area (TPSA) is 45.5 Å². The van der Waals surface area contributed by atoms with Gasteiger partial charge in [-0.1, -0.05) is 6.92 Å². The second-order valence-electron chi connectivity index (χ2n) is 5.52. The Labute approximate surface area is 127 Å². The van der Waals surface area contributed by atoms with Gasteiger partial charge >= 0.3 is 0 Å². The molecule has 0 amide bonds. The van der Waals surface area contributed by atoms with E-state index in [1.54, 1.807) is 6.20 Å². The minimum Gasteiger partial charge on any atom is -0.366 e. The molecule has 0 bridgehead atoms. The van der Waals surface area contributed by atoms with Crippen molar-refractivity contribution in [2.45, 2.75) is 19.8 Å². The average molecular weight is 338 g/mol. The maximum Gasteiger partial charge on any atom is 0.180 e. The van der Waals surface area contributed by atoms with Gasteiger partial charge in [0, 0.05) is 31.7 Å². The van der Waals surface area contributed by atoms with Gasteiger partial charge in [0.15, 0.2) is 11.5 Å². The zero-order chi connectivity index (χ0) is 13.9. The largest absolute Gasteiger partial charge is 0.366 e. The van der Waals surface area contributed by atoms with Gasteiger partial charge in [0.25, 0.3) is 0 Å². The van der Waals surface area contributed by atoms with Crippen LogP contribution in [0, 0.1) is 5.92 Å². The molecule has 108 valence electrons. The van der Waals surface area contributed by atoms with E-state index in [-0.39, 0.29) is 0 Å². The Balaban J connectivity index is 1.58. The van der Waals surface area contributed by atoms with E-state index < -0.39 is 0 Å².